The lowest BCUT2D eigenvalue weighted by atomic mass is 9.97. The molecule has 0 saturated heterocycles. The highest BCUT2D eigenvalue weighted by atomic mass is 16.4. The van der Waals surface area contributed by atoms with Crippen LogP contribution in [0.15, 0.2) is 0 Å². The lowest BCUT2D eigenvalue weighted by Crippen LogP contribution is -2.41. The largest absolute Gasteiger partial charge is 0.481 e. The van der Waals surface area contributed by atoms with Gasteiger partial charge in [0.15, 0.2) is 0 Å². The quantitative estimate of drug-likeness (QED) is 0.485. The van der Waals surface area contributed by atoms with Gasteiger partial charge in [-0.2, -0.15) is 0 Å². The molecule has 0 aromatic rings. The van der Waals surface area contributed by atoms with Crippen LogP contribution in [0.4, 0.5) is 4.79 Å². The molecule has 4 N–H and O–H groups in total. The molecule has 7 heteroatoms. The third-order valence-corrected chi connectivity index (χ3v) is 2.87. The molecule has 0 aromatic carbocycles. The first-order valence-electron chi connectivity index (χ1n) is 6.43. The van der Waals surface area contributed by atoms with Gasteiger partial charge in [0, 0.05) is 20.0 Å². The Hall–Kier alpha value is -1.79. The van der Waals surface area contributed by atoms with E-state index in [1.165, 1.54) is 7.05 Å². The van der Waals surface area contributed by atoms with E-state index in [1.807, 2.05) is 6.92 Å². The summed E-state index contributed by atoms with van der Waals surface area (Å²) in [4.78, 5) is 32.6. The Labute approximate surface area is 113 Å². The van der Waals surface area contributed by atoms with Gasteiger partial charge in [-0.1, -0.05) is 13.3 Å². The number of amides is 3. The molecule has 0 aliphatic heterocycles. The maximum absolute atomic E-state index is 11.3. The van der Waals surface area contributed by atoms with E-state index in [9.17, 15) is 14.4 Å². The number of likely N-dealkylation sites (N-methyl/N-ethyl adjacent to an activating group) is 1. The highest BCUT2D eigenvalue weighted by Crippen LogP contribution is 2.14. The van der Waals surface area contributed by atoms with Gasteiger partial charge in [-0.15, -0.1) is 0 Å². The molecule has 0 saturated carbocycles. The summed E-state index contributed by atoms with van der Waals surface area (Å²) >= 11 is 0. The van der Waals surface area contributed by atoms with Gasteiger partial charge in [-0.25, -0.2) is 4.79 Å². The van der Waals surface area contributed by atoms with E-state index in [4.69, 9.17) is 5.11 Å². The molecule has 1 unspecified atom stereocenters. The second kappa shape index (κ2) is 10.2. The first-order chi connectivity index (χ1) is 8.99. The van der Waals surface area contributed by atoms with Crippen LogP contribution in [-0.2, 0) is 9.59 Å². The molecule has 0 heterocycles. The number of hydrogen-bond acceptors (Lipinski definition) is 3. The lowest BCUT2D eigenvalue weighted by Gasteiger charge is -2.14. The van der Waals surface area contributed by atoms with Crippen molar-refractivity contribution >= 4 is 17.9 Å². The molecule has 0 spiro atoms. The predicted octanol–water partition coefficient (Wildman–Crippen LogP) is 0.313. The molecule has 1 atom stereocenters. The van der Waals surface area contributed by atoms with Crippen LogP contribution >= 0.6 is 0 Å². The fourth-order valence-electron chi connectivity index (χ4n) is 1.58. The topological polar surface area (TPSA) is 108 Å². The Morgan fingerprint density at radius 1 is 1.16 bits per heavy atom. The number of hydrogen-bond donors (Lipinski definition) is 4. The summed E-state index contributed by atoms with van der Waals surface area (Å²) in [5.74, 6) is -0.770. The van der Waals surface area contributed by atoms with Gasteiger partial charge in [-0.05, 0) is 18.8 Å². The zero-order valence-electron chi connectivity index (χ0n) is 11.5. The summed E-state index contributed by atoms with van der Waals surface area (Å²) in [7, 11) is 1.50. The molecule has 7 nitrogen and oxygen atoms in total. The maximum Gasteiger partial charge on any atom is 0.315 e. The Morgan fingerprint density at radius 2 is 1.84 bits per heavy atom. The van der Waals surface area contributed by atoms with Crippen molar-refractivity contribution in [3.8, 4) is 0 Å². The number of nitrogens with one attached hydrogen (secondary N) is 3. The number of carboxylic acids is 1. The Balaban J connectivity index is 3.71. The number of rotatable bonds is 9. The molecular weight excluding hydrogens is 250 g/mol. The number of urea groups is 1. The number of carbonyl (C=O) groups is 3. The van der Waals surface area contributed by atoms with Gasteiger partial charge in [0.1, 0.15) is 0 Å². The normalized spacial score (nSPS) is 11.5. The molecule has 19 heavy (non-hydrogen) atoms. The average Bonchev–Trinajstić information content (AvgIpc) is 2.39. The van der Waals surface area contributed by atoms with Gasteiger partial charge in [0.25, 0.3) is 0 Å². The summed E-state index contributed by atoms with van der Waals surface area (Å²) < 4.78 is 0. The van der Waals surface area contributed by atoms with Gasteiger partial charge in [0.2, 0.25) is 5.91 Å². The third-order valence-electron chi connectivity index (χ3n) is 2.87. The predicted molar refractivity (Wildman–Crippen MR) is 70.7 cm³/mol. The molecule has 110 valence electrons. The summed E-state index contributed by atoms with van der Waals surface area (Å²) in [6.07, 6.45) is 2.39. The van der Waals surface area contributed by atoms with Gasteiger partial charge in [0.05, 0.1) is 6.54 Å². The lowest BCUT2D eigenvalue weighted by molar-refractivity contribution is -0.137. The van der Waals surface area contributed by atoms with Gasteiger partial charge in [-0.3, -0.25) is 9.59 Å². The zero-order valence-corrected chi connectivity index (χ0v) is 11.5. The summed E-state index contributed by atoms with van der Waals surface area (Å²) in [5.41, 5.74) is 0. The van der Waals surface area contributed by atoms with Crippen LogP contribution < -0.4 is 16.0 Å². The molecule has 3 amide bonds. The van der Waals surface area contributed by atoms with Crippen molar-refractivity contribution in [2.45, 2.75) is 32.6 Å². The second-order valence-electron chi connectivity index (χ2n) is 4.28. The van der Waals surface area contributed by atoms with Crippen molar-refractivity contribution in [3.05, 3.63) is 0 Å². The maximum atomic E-state index is 11.3. The minimum absolute atomic E-state index is 0.0570. The molecule has 0 aliphatic carbocycles. The zero-order chi connectivity index (χ0) is 14.7. The van der Waals surface area contributed by atoms with Crippen LogP contribution in [0.2, 0.25) is 0 Å². The van der Waals surface area contributed by atoms with Crippen molar-refractivity contribution in [1.29, 1.82) is 0 Å². The number of carbonyl (C=O) groups excluding carboxylic acids is 2. The summed E-state index contributed by atoms with van der Waals surface area (Å²) in [5, 5.41) is 16.0. The Morgan fingerprint density at radius 3 is 2.37 bits per heavy atom. The van der Waals surface area contributed by atoms with Crippen LogP contribution in [0.3, 0.4) is 0 Å². The standard InChI is InChI=1S/C12H23N3O4/c1-3-9(4-5-11(17)18)6-7-14-12(19)15-8-10(16)13-2/h9H,3-8H2,1-2H3,(H,13,16)(H,17,18)(H2,14,15,19). The Kier molecular flexibility index (Phi) is 9.20. The summed E-state index contributed by atoms with van der Waals surface area (Å²) in [6.45, 7) is 2.41. The summed E-state index contributed by atoms with van der Waals surface area (Å²) in [6, 6.07) is -0.392. The molecular formula is C12H23N3O4. The van der Waals surface area contributed by atoms with Gasteiger partial charge < -0.3 is 21.1 Å². The van der Waals surface area contributed by atoms with Crippen molar-refractivity contribution in [3.63, 3.8) is 0 Å². The van der Waals surface area contributed by atoms with Gasteiger partial charge >= 0.3 is 12.0 Å². The van der Waals surface area contributed by atoms with Crippen LogP contribution in [0.25, 0.3) is 0 Å². The van der Waals surface area contributed by atoms with Crippen molar-refractivity contribution in [2.75, 3.05) is 20.1 Å². The van der Waals surface area contributed by atoms with E-state index in [2.05, 4.69) is 16.0 Å². The van der Waals surface area contributed by atoms with Crippen LogP contribution in [0, 0.1) is 5.92 Å². The monoisotopic (exact) mass is 273 g/mol. The van der Waals surface area contributed by atoms with Crippen LogP contribution in [0.1, 0.15) is 32.6 Å². The minimum atomic E-state index is -0.797. The van der Waals surface area contributed by atoms with Crippen molar-refractivity contribution < 1.29 is 19.5 Å². The molecule has 0 aliphatic rings. The first-order valence-corrected chi connectivity index (χ1v) is 6.43. The van der Waals surface area contributed by atoms with Crippen LogP contribution in [-0.4, -0.2) is 43.2 Å². The Bertz CT molecular complexity index is 307. The molecule has 0 rings (SSSR count). The second-order valence-corrected chi connectivity index (χ2v) is 4.28. The SMILES string of the molecule is CCC(CCNC(=O)NCC(=O)NC)CCC(=O)O. The fourth-order valence-corrected chi connectivity index (χ4v) is 1.58. The van der Waals surface area contributed by atoms with E-state index in [0.717, 1.165) is 12.8 Å². The smallest absolute Gasteiger partial charge is 0.315 e. The van der Waals surface area contributed by atoms with E-state index < -0.39 is 12.0 Å². The average molecular weight is 273 g/mol. The highest BCUT2D eigenvalue weighted by Gasteiger charge is 2.09. The molecule has 0 radical (unpaired) electrons. The number of aliphatic carboxylic acids is 1. The molecule has 0 fully saturated rings. The van der Waals surface area contributed by atoms with E-state index in [0.29, 0.717) is 13.0 Å². The van der Waals surface area contributed by atoms with Crippen molar-refractivity contribution in [1.82, 2.24) is 16.0 Å². The van der Waals surface area contributed by atoms with E-state index in [1.54, 1.807) is 0 Å². The fraction of sp³-hybridized carbons (Fsp3) is 0.750. The van der Waals surface area contributed by atoms with Crippen molar-refractivity contribution in [2.24, 2.45) is 5.92 Å². The molecule has 0 aromatic heterocycles. The van der Waals surface area contributed by atoms with E-state index in [-0.39, 0.29) is 24.8 Å². The first kappa shape index (κ1) is 17.2. The van der Waals surface area contributed by atoms with E-state index >= 15 is 0 Å². The molecule has 0 bridgehead atoms. The third kappa shape index (κ3) is 9.87. The minimum Gasteiger partial charge on any atom is -0.481 e. The number of carboxylic acid groups (broad SMARTS) is 1. The highest BCUT2D eigenvalue weighted by molar-refractivity contribution is 5.83. The van der Waals surface area contributed by atoms with Crippen LogP contribution in [0.5, 0.6) is 0 Å².